The maximum absolute atomic E-state index is 11.3. The molecule has 0 spiro atoms. The minimum atomic E-state index is -3.63. The second kappa shape index (κ2) is 5.81. The molecule has 24 heavy (non-hydrogen) atoms. The smallest absolute Gasteiger partial charge is 0.238 e. The summed E-state index contributed by atoms with van der Waals surface area (Å²) in [5.41, 5.74) is 2.30. The molecule has 2 aromatic carbocycles. The average Bonchev–Trinajstić information content (AvgIpc) is 3.23. The van der Waals surface area contributed by atoms with E-state index >= 15 is 0 Å². The lowest BCUT2D eigenvalue weighted by atomic mass is 10.1. The van der Waals surface area contributed by atoms with Crippen LogP contribution < -0.4 is 5.14 Å². The van der Waals surface area contributed by atoms with Crippen molar-refractivity contribution in [2.24, 2.45) is 5.14 Å². The molecule has 2 atom stereocenters. The van der Waals surface area contributed by atoms with E-state index in [-0.39, 0.29) is 4.90 Å². The number of nitrogens with zero attached hydrogens (tertiary/aromatic N) is 1. The van der Waals surface area contributed by atoms with E-state index in [1.807, 2.05) is 36.5 Å². The Morgan fingerprint density at radius 3 is 2.38 bits per heavy atom. The molecule has 0 amide bonds. The topological polar surface area (TPSA) is 73.1 Å². The van der Waals surface area contributed by atoms with Crippen LogP contribution in [-0.2, 0) is 10.0 Å². The van der Waals surface area contributed by atoms with E-state index in [2.05, 4.69) is 17.1 Å². The van der Waals surface area contributed by atoms with Crippen LogP contribution in [0.3, 0.4) is 0 Å². The van der Waals surface area contributed by atoms with E-state index in [0.717, 1.165) is 22.6 Å². The zero-order valence-corrected chi connectivity index (χ0v) is 14.4. The number of thiazole rings is 1. The first-order valence-electron chi connectivity index (χ1n) is 7.66. The van der Waals surface area contributed by atoms with E-state index in [1.54, 1.807) is 23.5 Å². The van der Waals surface area contributed by atoms with Crippen molar-refractivity contribution in [1.82, 2.24) is 4.98 Å². The van der Waals surface area contributed by atoms with Crippen LogP contribution in [0.5, 0.6) is 0 Å². The Labute approximate surface area is 145 Å². The summed E-state index contributed by atoms with van der Waals surface area (Å²) in [6.07, 6.45) is 3.04. The number of sulfonamides is 1. The third kappa shape index (κ3) is 3.00. The van der Waals surface area contributed by atoms with Crippen molar-refractivity contribution in [2.45, 2.75) is 23.2 Å². The van der Waals surface area contributed by atoms with Crippen molar-refractivity contribution in [3.05, 3.63) is 71.2 Å². The van der Waals surface area contributed by atoms with Gasteiger partial charge in [0.05, 0.1) is 4.90 Å². The van der Waals surface area contributed by atoms with Crippen LogP contribution in [-0.4, -0.2) is 13.4 Å². The predicted octanol–water partition coefficient (Wildman–Crippen LogP) is 3.73. The molecule has 0 unspecified atom stereocenters. The zero-order valence-electron chi connectivity index (χ0n) is 12.8. The molecule has 1 fully saturated rings. The molecule has 6 heteroatoms. The van der Waals surface area contributed by atoms with Gasteiger partial charge in [-0.1, -0.05) is 42.5 Å². The van der Waals surface area contributed by atoms with Crippen molar-refractivity contribution in [2.75, 3.05) is 0 Å². The highest BCUT2D eigenvalue weighted by atomic mass is 32.2. The van der Waals surface area contributed by atoms with Crippen molar-refractivity contribution in [3.8, 4) is 10.6 Å². The highest BCUT2D eigenvalue weighted by Crippen LogP contribution is 2.56. The lowest BCUT2D eigenvalue weighted by Crippen LogP contribution is -2.11. The second-order valence-electron chi connectivity index (χ2n) is 6.00. The molecule has 0 bridgehead atoms. The molecular weight excluding hydrogens is 340 g/mol. The molecule has 122 valence electrons. The van der Waals surface area contributed by atoms with Gasteiger partial charge in [-0.05, 0) is 30.0 Å². The fourth-order valence-electron chi connectivity index (χ4n) is 2.95. The van der Waals surface area contributed by atoms with Gasteiger partial charge in [-0.2, -0.15) is 0 Å². The molecule has 4 nitrogen and oxygen atoms in total. The fraction of sp³-hybridized carbons (Fsp3) is 0.167. The van der Waals surface area contributed by atoms with Crippen molar-refractivity contribution in [1.29, 1.82) is 0 Å². The number of nitrogens with two attached hydrogens (primary N) is 1. The first kappa shape index (κ1) is 15.5. The van der Waals surface area contributed by atoms with Crippen LogP contribution in [0.25, 0.3) is 10.6 Å². The quantitative estimate of drug-likeness (QED) is 0.774. The van der Waals surface area contributed by atoms with Crippen LogP contribution >= 0.6 is 11.3 Å². The first-order chi connectivity index (χ1) is 11.5. The standard InChI is InChI=1S/C18H16N2O2S2/c19-24(21,22)14-8-6-12(7-9-14)15-10-16(15)17-11-20-18(23-17)13-4-2-1-3-5-13/h1-9,11,15-16H,10H2,(H2,19,21,22)/t15-,16+/m1/s1. The van der Waals surface area contributed by atoms with E-state index in [0.29, 0.717) is 11.8 Å². The van der Waals surface area contributed by atoms with E-state index in [1.165, 1.54) is 4.88 Å². The molecule has 0 radical (unpaired) electrons. The van der Waals surface area contributed by atoms with Crippen LogP contribution in [0.4, 0.5) is 0 Å². The first-order valence-corrected chi connectivity index (χ1v) is 10.0. The molecule has 1 heterocycles. The highest BCUT2D eigenvalue weighted by molar-refractivity contribution is 7.89. The summed E-state index contributed by atoms with van der Waals surface area (Å²) in [4.78, 5) is 5.99. The average molecular weight is 356 g/mol. The molecule has 0 saturated heterocycles. The molecular formula is C18H16N2O2S2. The summed E-state index contributed by atoms with van der Waals surface area (Å²) in [7, 11) is -3.63. The van der Waals surface area contributed by atoms with Gasteiger partial charge < -0.3 is 0 Å². The third-order valence-corrected chi connectivity index (χ3v) is 6.44. The normalized spacial score (nSPS) is 20.0. The predicted molar refractivity (Wildman–Crippen MR) is 95.5 cm³/mol. The molecule has 0 aliphatic heterocycles. The fourth-order valence-corrected chi connectivity index (χ4v) is 4.57. The van der Waals surface area contributed by atoms with Crippen LogP contribution in [0.1, 0.15) is 28.7 Å². The van der Waals surface area contributed by atoms with Crippen molar-refractivity contribution < 1.29 is 8.42 Å². The van der Waals surface area contributed by atoms with Gasteiger partial charge in [0.25, 0.3) is 0 Å². The summed E-state index contributed by atoms with van der Waals surface area (Å²) in [6.45, 7) is 0. The minimum absolute atomic E-state index is 0.160. The van der Waals surface area contributed by atoms with E-state index in [9.17, 15) is 8.42 Å². The summed E-state index contributed by atoms with van der Waals surface area (Å²) in [5.74, 6) is 0.906. The summed E-state index contributed by atoms with van der Waals surface area (Å²) >= 11 is 1.74. The lowest BCUT2D eigenvalue weighted by molar-refractivity contribution is 0.598. The number of primary sulfonamides is 1. The summed E-state index contributed by atoms with van der Waals surface area (Å²) in [5, 5.41) is 6.18. The second-order valence-corrected chi connectivity index (χ2v) is 8.62. The molecule has 1 saturated carbocycles. The van der Waals surface area contributed by atoms with Crippen LogP contribution in [0, 0.1) is 0 Å². The Balaban J connectivity index is 1.52. The van der Waals surface area contributed by atoms with Crippen LogP contribution in [0.15, 0.2) is 65.7 Å². The van der Waals surface area contributed by atoms with Gasteiger partial charge in [-0.25, -0.2) is 18.5 Å². The third-order valence-electron chi connectivity index (χ3n) is 4.34. The van der Waals surface area contributed by atoms with Gasteiger partial charge in [0, 0.05) is 22.6 Å². The largest absolute Gasteiger partial charge is 0.244 e. The van der Waals surface area contributed by atoms with Gasteiger partial charge in [0.2, 0.25) is 10.0 Å². The van der Waals surface area contributed by atoms with E-state index in [4.69, 9.17) is 5.14 Å². The number of benzene rings is 2. The molecule has 1 aromatic heterocycles. The van der Waals surface area contributed by atoms with Gasteiger partial charge >= 0.3 is 0 Å². The number of hydrogen-bond donors (Lipinski definition) is 1. The number of aromatic nitrogens is 1. The molecule has 3 aromatic rings. The van der Waals surface area contributed by atoms with Gasteiger partial charge in [0.1, 0.15) is 5.01 Å². The Morgan fingerprint density at radius 2 is 1.71 bits per heavy atom. The van der Waals surface area contributed by atoms with Gasteiger partial charge in [0.15, 0.2) is 0 Å². The number of hydrogen-bond acceptors (Lipinski definition) is 4. The lowest BCUT2D eigenvalue weighted by Gasteiger charge is -2.02. The Morgan fingerprint density at radius 1 is 1.00 bits per heavy atom. The van der Waals surface area contributed by atoms with Crippen LogP contribution in [0.2, 0.25) is 0 Å². The molecule has 2 N–H and O–H groups in total. The Bertz CT molecular complexity index is 964. The zero-order chi connectivity index (χ0) is 16.7. The van der Waals surface area contributed by atoms with E-state index < -0.39 is 10.0 Å². The summed E-state index contributed by atoms with van der Waals surface area (Å²) in [6, 6.07) is 17.1. The maximum Gasteiger partial charge on any atom is 0.238 e. The maximum atomic E-state index is 11.3. The SMILES string of the molecule is NS(=O)(=O)c1ccc([C@H]2C[C@@H]2c2cnc(-c3ccccc3)s2)cc1. The minimum Gasteiger partial charge on any atom is -0.244 e. The van der Waals surface area contributed by atoms with Gasteiger partial charge in [-0.15, -0.1) is 11.3 Å². The van der Waals surface area contributed by atoms with Crippen molar-refractivity contribution in [3.63, 3.8) is 0 Å². The van der Waals surface area contributed by atoms with Crippen molar-refractivity contribution >= 4 is 21.4 Å². The molecule has 4 rings (SSSR count). The Hall–Kier alpha value is -2.02. The Kier molecular flexibility index (Phi) is 3.75. The molecule has 1 aliphatic carbocycles. The summed E-state index contributed by atoms with van der Waals surface area (Å²) < 4.78 is 22.6. The molecule has 1 aliphatic rings. The highest BCUT2D eigenvalue weighted by Gasteiger charge is 2.40. The monoisotopic (exact) mass is 356 g/mol. The van der Waals surface area contributed by atoms with Gasteiger partial charge in [-0.3, -0.25) is 0 Å². The number of rotatable bonds is 4.